The van der Waals surface area contributed by atoms with Crippen LogP contribution in [0.15, 0.2) is 0 Å². The zero-order valence-electron chi connectivity index (χ0n) is 9.37. The van der Waals surface area contributed by atoms with Crippen molar-refractivity contribution in [3.8, 4) is 0 Å². The minimum Gasteiger partial charge on any atom is -0.393 e. The predicted octanol–water partition coefficient (Wildman–Crippen LogP) is 0.690. The van der Waals surface area contributed by atoms with Crippen LogP contribution in [0.4, 0.5) is 0 Å². The first kappa shape index (κ1) is 12.5. The number of carbonyl (C=O) groups excluding carboxylic acids is 1. The first-order chi connectivity index (χ1) is 7.22. The second kappa shape index (κ2) is 6.80. The molecular weight excluding hydrogens is 194 g/mol. The zero-order valence-corrected chi connectivity index (χ0v) is 9.37. The Morgan fingerprint density at radius 2 is 2.07 bits per heavy atom. The van der Waals surface area contributed by atoms with Gasteiger partial charge < -0.3 is 15.2 Å². The minimum absolute atomic E-state index is 0.0583. The van der Waals surface area contributed by atoms with E-state index in [2.05, 4.69) is 5.32 Å². The lowest BCUT2D eigenvalue weighted by atomic mass is 9.87. The molecule has 0 aromatic rings. The summed E-state index contributed by atoms with van der Waals surface area (Å²) in [6, 6.07) is 0. The molecule has 0 bridgehead atoms. The molecule has 1 aliphatic rings. The van der Waals surface area contributed by atoms with Crippen molar-refractivity contribution in [2.45, 2.75) is 38.2 Å². The topological polar surface area (TPSA) is 58.6 Å². The molecule has 1 fully saturated rings. The van der Waals surface area contributed by atoms with Crippen LogP contribution in [-0.2, 0) is 9.53 Å². The number of hydrogen-bond acceptors (Lipinski definition) is 3. The fraction of sp³-hybridized carbons (Fsp3) is 0.909. The van der Waals surface area contributed by atoms with Gasteiger partial charge in [0.25, 0.3) is 0 Å². The third kappa shape index (κ3) is 5.14. The molecule has 0 aliphatic heterocycles. The van der Waals surface area contributed by atoms with Gasteiger partial charge in [0.05, 0.1) is 12.7 Å². The molecule has 4 nitrogen and oxygen atoms in total. The highest BCUT2D eigenvalue weighted by atomic mass is 16.5. The average Bonchev–Trinajstić information content (AvgIpc) is 2.25. The molecule has 1 amide bonds. The number of rotatable bonds is 5. The Balaban J connectivity index is 2.06. The van der Waals surface area contributed by atoms with Gasteiger partial charge in [0, 0.05) is 20.1 Å². The van der Waals surface area contributed by atoms with Crippen molar-refractivity contribution in [2.24, 2.45) is 5.92 Å². The maximum atomic E-state index is 11.3. The van der Waals surface area contributed by atoms with Gasteiger partial charge in [0.2, 0.25) is 5.91 Å². The standard InChI is InChI=1S/C11H21NO3/c1-15-7-6-11(14)12-8-9-2-4-10(13)5-3-9/h9-10,13H,2-8H2,1H3,(H,12,14). The van der Waals surface area contributed by atoms with Gasteiger partial charge in [-0.15, -0.1) is 0 Å². The van der Waals surface area contributed by atoms with Crippen LogP contribution in [0.3, 0.4) is 0 Å². The Bertz CT molecular complexity index is 188. The van der Waals surface area contributed by atoms with E-state index in [0.717, 1.165) is 32.2 Å². The molecule has 0 aromatic heterocycles. The highest BCUT2D eigenvalue weighted by Crippen LogP contribution is 2.23. The van der Waals surface area contributed by atoms with E-state index in [-0.39, 0.29) is 12.0 Å². The summed E-state index contributed by atoms with van der Waals surface area (Å²) in [5.41, 5.74) is 0. The second-order valence-electron chi connectivity index (χ2n) is 4.22. The smallest absolute Gasteiger partial charge is 0.222 e. The Morgan fingerprint density at radius 3 is 2.67 bits per heavy atom. The maximum Gasteiger partial charge on any atom is 0.222 e. The lowest BCUT2D eigenvalue weighted by Crippen LogP contribution is -2.32. The van der Waals surface area contributed by atoms with Crippen molar-refractivity contribution in [3.05, 3.63) is 0 Å². The molecule has 0 radical (unpaired) electrons. The van der Waals surface area contributed by atoms with Crippen molar-refractivity contribution in [3.63, 3.8) is 0 Å². The molecular formula is C11H21NO3. The van der Waals surface area contributed by atoms with Gasteiger partial charge in [-0.3, -0.25) is 4.79 Å². The molecule has 1 saturated carbocycles. The lowest BCUT2D eigenvalue weighted by molar-refractivity contribution is -0.122. The number of aliphatic hydroxyl groups is 1. The van der Waals surface area contributed by atoms with Crippen LogP contribution in [0.25, 0.3) is 0 Å². The summed E-state index contributed by atoms with van der Waals surface area (Å²) in [5.74, 6) is 0.600. The first-order valence-electron chi connectivity index (χ1n) is 5.66. The molecule has 88 valence electrons. The molecule has 0 saturated heterocycles. The maximum absolute atomic E-state index is 11.3. The molecule has 15 heavy (non-hydrogen) atoms. The van der Waals surface area contributed by atoms with Gasteiger partial charge in [-0.1, -0.05) is 0 Å². The van der Waals surface area contributed by atoms with Crippen molar-refractivity contribution in [1.29, 1.82) is 0 Å². The van der Waals surface area contributed by atoms with E-state index in [4.69, 9.17) is 4.74 Å². The SMILES string of the molecule is COCCC(=O)NCC1CCC(O)CC1. The summed E-state index contributed by atoms with van der Waals surface area (Å²) in [4.78, 5) is 11.3. The van der Waals surface area contributed by atoms with E-state index in [0.29, 0.717) is 18.9 Å². The fourth-order valence-corrected chi connectivity index (χ4v) is 1.89. The summed E-state index contributed by atoms with van der Waals surface area (Å²) < 4.78 is 4.82. The van der Waals surface area contributed by atoms with Crippen molar-refractivity contribution in [2.75, 3.05) is 20.3 Å². The molecule has 0 spiro atoms. The number of hydrogen-bond donors (Lipinski definition) is 2. The van der Waals surface area contributed by atoms with E-state index in [1.165, 1.54) is 0 Å². The summed E-state index contributed by atoms with van der Waals surface area (Å²) in [6.07, 6.45) is 4.10. The Hall–Kier alpha value is -0.610. The highest BCUT2D eigenvalue weighted by Gasteiger charge is 2.19. The van der Waals surface area contributed by atoms with Gasteiger partial charge in [-0.25, -0.2) is 0 Å². The van der Waals surface area contributed by atoms with Crippen molar-refractivity contribution in [1.82, 2.24) is 5.32 Å². The van der Waals surface area contributed by atoms with Crippen LogP contribution in [0.5, 0.6) is 0 Å². The second-order valence-corrected chi connectivity index (χ2v) is 4.22. The fourth-order valence-electron chi connectivity index (χ4n) is 1.89. The van der Waals surface area contributed by atoms with Crippen LogP contribution in [-0.4, -0.2) is 37.4 Å². The molecule has 2 N–H and O–H groups in total. The van der Waals surface area contributed by atoms with Crippen LogP contribution < -0.4 is 5.32 Å². The number of ether oxygens (including phenoxy) is 1. The van der Waals surface area contributed by atoms with Gasteiger partial charge in [-0.05, 0) is 31.6 Å². The highest BCUT2D eigenvalue weighted by molar-refractivity contribution is 5.75. The Morgan fingerprint density at radius 1 is 1.40 bits per heavy atom. The average molecular weight is 215 g/mol. The van der Waals surface area contributed by atoms with Crippen LogP contribution in [0, 0.1) is 5.92 Å². The van der Waals surface area contributed by atoms with E-state index in [9.17, 15) is 9.90 Å². The molecule has 1 rings (SSSR count). The number of aliphatic hydroxyl groups excluding tert-OH is 1. The molecule has 0 heterocycles. The van der Waals surface area contributed by atoms with Gasteiger partial charge in [0.1, 0.15) is 0 Å². The van der Waals surface area contributed by atoms with Crippen LogP contribution in [0.2, 0.25) is 0 Å². The van der Waals surface area contributed by atoms with E-state index in [1.807, 2.05) is 0 Å². The lowest BCUT2D eigenvalue weighted by Gasteiger charge is -2.25. The molecule has 0 atom stereocenters. The van der Waals surface area contributed by atoms with Gasteiger partial charge in [0.15, 0.2) is 0 Å². The normalized spacial score (nSPS) is 26.3. The van der Waals surface area contributed by atoms with E-state index < -0.39 is 0 Å². The first-order valence-corrected chi connectivity index (χ1v) is 5.66. The molecule has 0 unspecified atom stereocenters. The third-order valence-electron chi connectivity index (χ3n) is 2.94. The minimum atomic E-state index is -0.120. The number of carbonyl (C=O) groups is 1. The van der Waals surface area contributed by atoms with Crippen LogP contribution in [0.1, 0.15) is 32.1 Å². The number of nitrogens with one attached hydrogen (secondary N) is 1. The quantitative estimate of drug-likeness (QED) is 0.709. The van der Waals surface area contributed by atoms with Crippen molar-refractivity contribution < 1.29 is 14.6 Å². The largest absolute Gasteiger partial charge is 0.393 e. The summed E-state index contributed by atoms with van der Waals surface area (Å²) in [5, 5.41) is 12.2. The third-order valence-corrected chi connectivity index (χ3v) is 2.94. The van der Waals surface area contributed by atoms with Gasteiger partial charge >= 0.3 is 0 Å². The van der Waals surface area contributed by atoms with E-state index >= 15 is 0 Å². The summed E-state index contributed by atoms with van der Waals surface area (Å²) >= 11 is 0. The van der Waals surface area contributed by atoms with Crippen LogP contribution >= 0.6 is 0 Å². The monoisotopic (exact) mass is 215 g/mol. The van der Waals surface area contributed by atoms with Crippen molar-refractivity contribution >= 4 is 5.91 Å². The molecule has 1 aliphatic carbocycles. The Kier molecular flexibility index (Phi) is 5.65. The zero-order chi connectivity index (χ0) is 11.1. The van der Waals surface area contributed by atoms with Gasteiger partial charge in [-0.2, -0.15) is 0 Å². The summed E-state index contributed by atoms with van der Waals surface area (Å²) in [7, 11) is 1.59. The molecule has 4 heteroatoms. The number of amides is 1. The molecule has 0 aromatic carbocycles. The number of methoxy groups -OCH3 is 1. The Labute approximate surface area is 91.0 Å². The predicted molar refractivity (Wildman–Crippen MR) is 57.5 cm³/mol. The summed E-state index contributed by atoms with van der Waals surface area (Å²) in [6.45, 7) is 1.23. The van der Waals surface area contributed by atoms with E-state index in [1.54, 1.807) is 7.11 Å².